The minimum atomic E-state index is 0.304. The van der Waals surface area contributed by atoms with Gasteiger partial charge in [0.15, 0.2) is 0 Å². The molecule has 0 aromatic carbocycles. The first-order valence-corrected chi connectivity index (χ1v) is 7.18. The molecule has 3 nitrogen and oxygen atoms in total. The van der Waals surface area contributed by atoms with Crippen molar-refractivity contribution in [1.82, 2.24) is 0 Å². The highest BCUT2D eigenvalue weighted by atomic mass is 16.5. The van der Waals surface area contributed by atoms with Crippen LogP contribution in [-0.2, 0) is 9.47 Å². The highest BCUT2D eigenvalue weighted by Gasteiger charge is 1.92. The third kappa shape index (κ3) is 15.9. The largest absolute Gasteiger partial charge is 0.396 e. The Morgan fingerprint density at radius 2 is 1.12 bits per heavy atom. The number of aliphatic hydroxyl groups excluding tert-OH is 1. The highest BCUT2D eigenvalue weighted by Crippen LogP contribution is 1.99. The van der Waals surface area contributed by atoms with Crippen LogP contribution in [0.3, 0.4) is 0 Å². The molecular formula is C14H30O3. The van der Waals surface area contributed by atoms with Gasteiger partial charge in [-0.2, -0.15) is 0 Å². The first-order chi connectivity index (χ1) is 8.41. The molecule has 0 aromatic rings. The van der Waals surface area contributed by atoms with Crippen molar-refractivity contribution < 1.29 is 14.6 Å². The van der Waals surface area contributed by atoms with Crippen molar-refractivity contribution in [3.8, 4) is 0 Å². The summed E-state index contributed by atoms with van der Waals surface area (Å²) in [5, 5.41) is 8.59. The fourth-order valence-corrected chi connectivity index (χ4v) is 1.53. The van der Waals surface area contributed by atoms with Gasteiger partial charge in [-0.1, -0.05) is 13.3 Å². The molecule has 0 heterocycles. The second kappa shape index (κ2) is 15.9. The van der Waals surface area contributed by atoms with Gasteiger partial charge in [-0.15, -0.1) is 0 Å². The molecule has 0 amide bonds. The Morgan fingerprint density at radius 1 is 0.647 bits per heavy atom. The van der Waals surface area contributed by atoms with Crippen molar-refractivity contribution in [2.45, 2.75) is 58.3 Å². The van der Waals surface area contributed by atoms with E-state index in [1.807, 2.05) is 0 Å². The molecule has 0 saturated carbocycles. The molecule has 0 atom stereocenters. The molecule has 0 rings (SSSR count). The van der Waals surface area contributed by atoms with Crippen molar-refractivity contribution in [2.75, 3.05) is 33.0 Å². The number of hydrogen-bond acceptors (Lipinski definition) is 3. The summed E-state index contributed by atoms with van der Waals surface area (Å²) in [6.07, 6.45) is 8.92. The molecule has 3 heteroatoms. The smallest absolute Gasteiger partial charge is 0.0466 e. The summed E-state index contributed by atoms with van der Waals surface area (Å²) in [5.41, 5.74) is 0. The van der Waals surface area contributed by atoms with Crippen LogP contribution in [0, 0.1) is 0 Å². The monoisotopic (exact) mass is 246 g/mol. The summed E-state index contributed by atoms with van der Waals surface area (Å²) >= 11 is 0. The molecule has 0 unspecified atom stereocenters. The molecular weight excluding hydrogens is 216 g/mol. The van der Waals surface area contributed by atoms with E-state index in [9.17, 15) is 0 Å². The maximum Gasteiger partial charge on any atom is 0.0466 e. The van der Waals surface area contributed by atoms with Gasteiger partial charge < -0.3 is 14.6 Å². The van der Waals surface area contributed by atoms with Crippen LogP contribution >= 0.6 is 0 Å². The first-order valence-electron chi connectivity index (χ1n) is 7.18. The van der Waals surface area contributed by atoms with E-state index in [-0.39, 0.29) is 0 Å². The normalized spacial score (nSPS) is 10.9. The van der Waals surface area contributed by atoms with Crippen LogP contribution in [0.1, 0.15) is 58.3 Å². The van der Waals surface area contributed by atoms with Gasteiger partial charge in [0.25, 0.3) is 0 Å². The Hall–Kier alpha value is -0.120. The molecule has 0 saturated heterocycles. The zero-order chi connectivity index (χ0) is 12.6. The maximum atomic E-state index is 8.59. The van der Waals surface area contributed by atoms with E-state index in [1.54, 1.807) is 0 Å². The highest BCUT2D eigenvalue weighted by molar-refractivity contribution is 4.43. The first kappa shape index (κ1) is 16.9. The average molecular weight is 246 g/mol. The van der Waals surface area contributed by atoms with Gasteiger partial charge in [-0.05, 0) is 44.9 Å². The second-order valence-corrected chi connectivity index (χ2v) is 4.42. The molecule has 0 fully saturated rings. The topological polar surface area (TPSA) is 38.7 Å². The van der Waals surface area contributed by atoms with Gasteiger partial charge in [-0.3, -0.25) is 0 Å². The van der Waals surface area contributed by atoms with Crippen molar-refractivity contribution >= 4 is 0 Å². The van der Waals surface area contributed by atoms with E-state index in [0.717, 1.165) is 58.5 Å². The van der Waals surface area contributed by atoms with Gasteiger partial charge in [0, 0.05) is 33.0 Å². The van der Waals surface area contributed by atoms with Crippen LogP contribution in [0.5, 0.6) is 0 Å². The molecule has 0 aliphatic heterocycles. The molecule has 0 aliphatic carbocycles. The van der Waals surface area contributed by atoms with Crippen molar-refractivity contribution in [1.29, 1.82) is 0 Å². The third-order valence-electron chi connectivity index (χ3n) is 2.67. The zero-order valence-electron chi connectivity index (χ0n) is 11.5. The van der Waals surface area contributed by atoms with Crippen LogP contribution in [0.15, 0.2) is 0 Å². The summed E-state index contributed by atoms with van der Waals surface area (Å²) in [6.45, 7) is 6.01. The molecule has 104 valence electrons. The van der Waals surface area contributed by atoms with Crippen LogP contribution in [0.2, 0.25) is 0 Å². The van der Waals surface area contributed by atoms with Crippen molar-refractivity contribution in [3.05, 3.63) is 0 Å². The molecule has 0 aromatic heterocycles. The number of ether oxygens (including phenoxy) is 2. The van der Waals surface area contributed by atoms with Gasteiger partial charge in [0.05, 0.1) is 0 Å². The lowest BCUT2D eigenvalue weighted by molar-refractivity contribution is 0.111. The van der Waals surface area contributed by atoms with Gasteiger partial charge in [0.1, 0.15) is 0 Å². The average Bonchev–Trinajstić information content (AvgIpc) is 2.35. The minimum absolute atomic E-state index is 0.304. The Labute approximate surface area is 107 Å². The summed E-state index contributed by atoms with van der Waals surface area (Å²) in [7, 11) is 0. The molecule has 0 aliphatic rings. The van der Waals surface area contributed by atoms with Crippen LogP contribution in [0.25, 0.3) is 0 Å². The zero-order valence-corrected chi connectivity index (χ0v) is 11.5. The van der Waals surface area contributed by atoms with E-state index in [0.29, 0.717) is 6.61 Å². The Bertz CT molecular complexity index is 115. The Balaban J connectivity index is 2.85. The molecule has 0 radical (unpaired) electrons. The van der Waals surface area contributed by atoms with Crippen molar-refractivity contribution in [2.24, 2.45) is 0 Å². The summed E-state index contributed by atoms with van der Waals surface area (Å²) in [4.78, 5) is 0. The molecule has 0 spiro atoms. The maximum absolute atomic E-state index is 8.59. The molecule has 0 bridgehead atoms. The Morgan fingerprint density at radius 3 is 1.59 bits per heavy atom. The quantitative estimate of drug-likeness (QED) is 0.478. The van der Waals surface area contributed by atoms with E-state index in [1.165, 1.54) is 19.3 Å². The van der Waals surface area contributed by atoms with Gasteiger partial charge >= 0.3 is 0 Å². The second-order valence-electron chi connectivity index (χ2n) is 4.42. The lowest BCUT2D eigenvalue weighted by atomic mass is 10.2. The standard InChI is InChI=1S/C14H30O3/c1-2-3-11-16-13-8-5-9-14-17-12-7-4-6-10-15/h15H,2-14H2,1H3. The van der Waals surface area contributed by atoms with E-state index >= 15 is 0 Å². The SMILES string of the molecule is CCCCOCCCCCOCCCCCO. The summed E-state index contributed by atoms with van der Waals surface area (Å²) < 4.78 is 11.0. The molecule has 1 N–H and O–H groups in total. The predicted octanol–water partition coefficient (Wildman–Crippen LogP) is 3.15. The fourth-order valence-electron chi connectivity index (χ4n) is 1.53. The number of rotatable bonds is 14. The van der Waals surface area contributed by atoms with Crippen LogP contribution in [-0.4, -0.2) is 38.1 Å². The lowest BCUT2D eigenvalue weighted by Gasteiger charge is -2.05. The van der Waals surface area contributed by atoms with E-state index in [2.05, 4.69) is 6.92 Å². The van der Waals surface area contributed by atoms with Gasteiger partial charge in [-0.25, -0.2) is 0 Å². The fraction of sp³-hybridized carbons (Fsp3) is 1.00. The third-order valence-corrected chi connectivity index (χ3v) is 2.67. The summed E-state index contributed by atoms with van der Waals surface area (Å²) in [6, 6.07) is 0. The van der Waals surface area contributed by atoms with Gasteiger partial charge in [0.2, 0.25) is 0 Å². The van der Waals surface area contributed by atoms with E-state index in [4.69, 9.17) is 14.6 Å². The van der Waals surface area contributed by atoms with Crippen molar-refractivity contribution in [3.63, 3.8) is 0 Å². The predicted molar refractivity (Wildman–Crippen MR) is 71.3 cm³/mol. The minimum Gasteiger partial charge on any atom is -0.396 e. The van der Waals surface area contributed by atoms with E-state index < -0.39 is 0 Å². The lowest BCUT2D eigenvalue weighted by Crippen LogP contribution is -2.00. The van der Waals surface area contributed by atoms with Crippen LogP contribution in [0.4, 0.5) is 0 Å². The number of unbranched alkanes of at least 4 members (excludes halogenated alkanes) is 5. The molecule has 17 heavy (non-hydrogen) atoms. The van der Waals surface area contributed by atoms with Crippen LogP contribution < -0.4 is 0 Å². The number of hydrogen-bond donors (Lipinski definition) is 1. The summed E-state index contributed by atoms with van der Waals surface area (Å²) in [5.74, 6) is 0. The number of aliphatic hydroxyl groups is 1. The Kier molecular flexibility index (Phi) is 15.8.